The van der Waals surface area contributed by atoms with Gasteiger partial charge in [-0.2, -0.15) is 0 Å². The van der Waals surface area contributed by atoms with E-state index in [1.54, 1.807) is 0 Å². The smallest absolute Gasteiger partial charge is 0.119 e. The highest BCUT2D eigenvalue weighted by Gasteiger charge is 2.64. The minimum absolute atomic E-state index is 0.391. The molecule has 0 spiro atoms. The van der Waals surface area contributed by atoms with E-state index in [9.17, 15) is 0 Å². The molecule has 0 aromatic heterocycles. The predicted octanol–water partition coefficient (Wildman–Crippen LogP) is 4.14. The third kappa shape index (κ3) is 1.96. The van der Waals surface area contributed by atoms with Crippen LogP contribution in [0.5, 0.6) is 5.75 Å². The molecule has 1 heterocycles. The summed E-state index contributed by atoms with van der Waals surface area (Å²) >= 11 is 0. The summed E-state index contributed by atoms with van der Waals surface area (Å²) in [4.78, 5) is 0. The Morgan fingerprint density at radius 1 is 1.10 bits per heavy atom. The molecule has 2 aliphatic carbocycles. The number of rotatable bonds is 5. The van der Waals surface area contributed by atoms with Crippen LogP contribution >= 0.6 is 0 Å². The van der Waals surface area contributed by atoms with Crippen molar-refractivity contribution in [1.29, 1.82) is 0 Å². The van der Waals surface area contributed by atoms with Gasteiger partial charge in [0.1, 0.15) is 11.9 Å². The number of benzene rings is 1. The summed E-state index contributed by atoms with van der Waals surface area (Å²) < 4.78 is 11.9. The van der Waals surface area contributed by atoms with Gasteiger partial charge in [-0.1, -0.05) is 26.0 Å². The molecule has 3 aliphatic rings. The summed E-state index contributed by atoms with van der Waals surface area (Å²) in [7, 11) is 0. The van der Waals surface area contributed by atoms with Crippen LogP contribution in [0.2, 0.25) is 0 Å². The highest BCUT2D eigenvalue weighted by molar-refractivity contribution is 5.30. The van der Waals surface area contributed by atoms with Gasteiger partial charge in [-0.05, 0) is 55.2 Å². The molecule has 20 heavy (non-hydrogen) atoms. The summed E-state index contributed by atoms with van der Waals surface area (Å²) in [5.41, 5.74) is 1.45. The maximum Gasteiger partial charge on any atom is 0.119 e. The normalized spacial score (nSPS) is 37.2. The Labute approximate surface area is 121 Å². The lowest BCUT2D eigenvalue weighted by Gasteiger charge is -2.21. The fourth-order valence-corrected chi connectivity index (χ4v) is 4.43. The van der Waals surface area contributed by atoms with E-state index in [2.05, 4.69) is 38.1 Å². The van der Waals surface area contributed by atoms with E-state index in [1.807, 2.05) is 0 Å². The molecule has 0 N–H and O–H groups in total. The molecule has 1 saturated heterocycles. The zero-order valence-electron chi connectivity index (χ0n) is 12.4. The van der Waals surface area contributed by atoms with Crippen LogP contribution in [0.15, 0.2) is 24.3 Å². The largest absolute Gasteiger partial charge is 0.490 e. The molecular formula is C18H24O2. The first-order valence-corrected chi connectivity index (χ1v) is 8.22. The van der Waals surface area contributed by atoms with Gasteiger partial charge < -0.3 is 9.47 Å². The average Bonchev–Trinajstić information content (AvgIpc) is 3.09. The van der Waals surface area contributed by atoms with Crippen molar-refractivity contribution in [3.8, 4) is 5.75 Å². The average molecular weight is 272 g/mol. The van der Waals surface area contributed by atoms with Gasteiger partial charge in [0.15, 0.2) is 0 Å². The van der Waals surface area contributed by atoms with Crippen molar-refractivity contribution in [3.63, 3.8) is 0 Å². The number of ether oxygens (including phenoxy) is 2. The van der Waals surface area contributed by atoms with Crippen LogP contribution in [0.3, 0.4) is 0 Å². The fourth-order valence-electron chi connectivity index (χ4n) is 4.43. The van der Waals surface area contributed by atoms with Gasteiger partial charge in [0, 0.05) is 5.92 Å². The quantitative estimate of drug-likeness (QED) is 0.751. The second-order valence-corrected chi connectivity index (χ2v) is 6.70. The first-order valence-electron chi connectivity index (χ1n) is 8.22. The molecular weight excluding hydrogens is 248 g/mol. The molecule has 108 valence electrons. The van der Waals surface area contributed by atoms with Crippen molar-refractivity contribution < 1.29 is 9.47 Å². The lowest BCUT2D eigenvalue weighted by Crippen LogP contribution is -2.28. The first-order chi connectivity index (χ1) is 9.80. The van der Waals surface area contributed by atoms with Gasteiger partial charge in [-0.25, -0.2) is 0 Å². The van der Waals surface area contributed by atoms with Gasteiger partial charge in [-0.3, -0.25) is 0 Å². The highest BCUT2D eigenvalue weighted by atomic mass is 16.6. The minimum atomic E-state index is 0.391. The zero-order chi connectivity index (χ0) is 13.7. The Bertz CT molecular complexity index is 477. The molecule has 0 radical (unpaired) electrons. The van der Waals surface area contributed by atoms with Crippen LogP contribution in [0, 0.1) is 11.8 Å². The second kappa shape index (κ2) is 4.77. The minimum Gasteiger partial charge on any atom is -0.490 e. The van der Waals surface area contributed by atoms with Crippen LogP contribution in [-0.4, -0.2) is 18.3 Å². The molecule has 4 rings (SSSR count). The van der Waals surface area contributed by atoms with Crippen molar-refractivity contribution in [2.45, 2.75) is 63.8 Å². The maximum atomic E-state index is 6.23. The van der Waals surface area contributed by atoms with Gasteiger partial charge in [0.05, 0.1) is 12.2 Å². The van der Waals surface area contributed by atoms with Crippen molar-refractivity contribution in [1.82, 2.24) is 0 Å². The number of hydrogen-bond donors (Lipinski definition) is 0. The van der Waals surface area contributed by atoms with Gasteiger partial charge >= 0.3 is 0 Å². The van der Waals surface area contributed by atoms with Crippen molar-refractivity contribution in [2.75, 3.05) is 0 Å². The Kier molecular flexibility index (Phi) is 3.03. The van der Waals surface area contributed by atoms with E-state index in [1.165, 1.54) is 31.2 Å². The number of epoxide rings is 1. The Morgan fingerprint density at radius 2 is 1.85 bits per heavy atom. The number of fused-ring (bicyclic) bond motifs is 5. The molecule has 5 atom stereocenters. The summed E-state index contributed by atoms with van der Waals surface area (Å²) in [6.07, 6.45) is 6.46. The number of hydrogen-bond acceptors (Lipinski definition) is 2. The van der Waals surface area contributed by atoms with Crippen LogP contribution in [0.1, 0.15) is 51.0 Å². The van der Waals surface area contributed by atoms with E-state index >= 15 is 0 Å². The fraction of sp³-hybridized carbons (Fsp3) is 0.667. The summed E-state index contributed by atoms with van der Waals surface area (Å²) in [6.45, 7) is 4.53. The van der Waals surface area contributed by atoms with Crippen molar-refractivity contribution in [2.24, 2.45) is 11.8 Å². The monoisotopic (exact) mass is 272 g/mol. The van der Waals surface area contributed by atoms with Crippen molar-refractivity contribution >= 4 is 0 Å². The van der Waals surface area contributed by atoms with Crippen LogP contribution in [0.4, 0.5) is 0 Å². The molecule has 1 aromatic carbocycles. The molecule has 0 amide bonds. The Morgan fingerprint density at radius 3 is 2.45 bits per heavy atom. The third-order valence-corrected chi connectivity index (χ3v) is 5.66. The molecule has 2 heteroatoms. The highest BCUT2D eigenvalue weighted by Crippen LogP contribution is 2.57. The molecule has 2 bridgehead atoms. The van der Waals surface area contributed by atoms with E-state index in [0.717, 1.165) is 11.7 Å². The van der Waals surface area contributed by atoms with Crippen molar-refractivity contribution in [3.05, 3.63) is 29.8 Å². The lowest BCUT2D eigenvalue weighted by atomic mass is 9.94. The summed E-state index contributed by atoms with van der Waals surface area (Å²) in [6, 6.07) is 8.81. The molecule has 2 nitrogen and oxygen atoms in total. The van der Waals surface area contributed by atoms with Crippen LogP contribution in [-0.2, 0) is 4.74 Å². The topological polar surface area (TPSA) is 21.8 Å². The summed E-state index contributed by atoms with van der Waals surface area (Å²) in [5.74, 6) is 3.16. The molecule has 3 fully saturated rings. The SMILES string of the molecule is CCC(CC)c1ccc(OC2CC3CC2C2OC32)cc1. The van der Waals surface area contributed by atoms with Gasteiger partial charge in [0.25, 0.3) is 0 Å². The first kappa shape index (κ1) is 12.7. The van der Waals surface area contributed by atoms with Gasteiger partial charge in [-0.15, -0.1) is 0 Å². The molecule has 5 unspecified atom stereocenters. The maximum absolute atomic E-state index is 6.23. The second-order valence-electron chi connectivity index (χ2n) is 6.70. The van der Waals surface area contributed by atoms with Crippen LogP contribution < -0.4 is 4.74 Å². The van der Waals surface area contributed by atoms with Gasteiger partial charge in [0.2, 0.25) is 0 Å². The zero-order valence-corrected chi connectivity index (χ0v) is 12.4. The third-order valence-electron chi connectivity index (χ3n) is 5.66. The van der Waals surface area contributed by atoms with E-state index in [0.29, 0.717) is 30.1 Å². The summed E-state index contributed by atoms with van der Waals surface area (Å²) in [5, 5.41) is 0. The molecule has 1 aromatic rings. The standard InChI is InChI=1S/C18H24O2/c1-3-11(4-2)12-5-7-14(8-6-12)19-16-10-13-9-15(16)18-17(13)20-18/h5-8,11,13,15-18H,3-4,9-10H2,1-2H3. The van der Waals surface area contributed by atoms with E-state index in [4.69, 9.17) is 9.47 Å². The van der Waals surface area contributed by atoms with E-state index in [-0.39, 0.29) is 0 Å². The lowest BCUT2D eigenvalue weighted by molar-refractivity contribution is 0.137. The molecule has 2 saturated carbocycles. The van der Waals surface area contributed by atoms with E-state index < -0.39 is 0 Å². The Balaban J connectivity index is 1.42. The van der Waals surface area contributed by atoms with Crippen LogP contribution in [0.25, 0.3) is 0 Å². The Hall–Kier alpha value is -1.02. The molecule has 1 aliphatic heterocycles. The predicted molar refractivity (Wildman–Crippen MR) is 79.1 cm³/mol.